The van der Waals surface area contributed by atoms with Gasteiger partial charge in [-0.05, 0) is 58.0 Å². The van der Waals surface area contributed by atoms with Crippen molar-refractivity contribution >= 4 is 0 Å². The molecule has 0 aliphatic rings. The molecular weight excluding hydrogens is 222 g/mol. The smallest absolute Gasteiger partial charge is 0.0654 e. The minimum absolute atomic E-state index is 0.324. The zero-order valence-corrected chi connectivity index (χ0v) is 11.8. The Balaban J connectivity index is 2.48. The van der Waals surface area contributed by atoms with Gasteiger partial charge in [-0.1, -0.05) is 6.07 Å². The molecule has 0 spiro atoms. The summed E-state index contributed by atoms with van der Waals surface area (Å²) in [6.45, 7) is 8.50. The van der Waals surface area contributed by atoms with E-state index in [2.05, 4.69) is 56.3 Å². The standard InChI is InChI=1S/C15H21N3/c1-10-6-11(2)8-14(7-10)18-13(4)15(9-17-18)12(3)16-5/h6-9,12,16H,1-5H3. The van der Waals surface area contributed by atoms with Crippen molar-refractivity contribution in [2.24, 2.45) is 0 Å². The zero-order chi connectivity index (χ0) is 13.3. The summed E-state index contributed by atoms with van der Waals surface area (Å²) in [6, 6.07) is 6.84. The van der Waals surface area contributed by atoms with Crippen LogP contribution in [-0.4, -0.2) is 16.8 Å². The van der Waals surface area contributed by atoms with Crippen molar-refractivity contribution in [2.75, 3.05) is 7.05 Å². The summed E-state index contributed by atoms with van der Waals surface area (Å²) in [5.74, 6) is 0. The fourth-order valence-corrected chi connectivity index (χ4v) is 2.34. The summed E-state index contributed by atoms with van der Waals surface area (Å²) in [4.78, 5) is 0. The number of nitrogens with zero attached hydrogens (tertiary/aromatic N) is 2. The third kappa shape index (κ3) is 2.31. The zero-order valence-electron chi connectivity index (χ0n) is 11.8. The van der Waals surface area contributed by atoms with Gasteiger partial charge in [0.1, 0.15) is 0 Å². The number of hydrogen-bond acceptors (Lipinski definition) is 2. The van der Waals surface area contributed by atoms with Crippen LogP contribution in [0.3, 0.4) is 0 Å². The fourth-order valence-electron chi connectivity index (χ4n) is 2.34. The van der Waals surface area contributed by atoms with Crippen molar-refractivity contribution < 1.29 is 0 Å². The van der Waals surface area contributed by atoms with Gasteiger partial charge in [0.2, 0.25) is 0 Å². The van der Waals surface area contributed by atoms with Gasteiger partial charge in [0, 0.05) is 17.3 Å². The van der Waals surface area contributed by atoms with E-state index in [0.717, 1.165) is 5.69 Å². The number of aromatic nitrogens is 2. The van der Waals surface area contributed by atoms with E-state index in [9.17, 15) is 0 Å². The normalized spacial score (nSPS) is 12.7. The van der Waals surface area contributed by atoms with E-state index < -0.39 is 0 Å². The molecule has 3 heteroatoms. The van der Waals surface area contributed by atoms with Crippen LogP contribution in [0.1, 0.15) is 35.3 Å². The molecule has 0 aliphatic heterocycles. The molecule has 2 rings (SSSR count). The summed E-state index contributed by atoms with van der Waals surface area (Å²) < 4.78 is 2.02. The Bertz CT molecular complexity index is 535. The lowest BCUT2D eigenvalue weighted by Gasteiger charge is -2.11. The highest BCUT2D eigenvalue weighted by Crippen LogP contribution is 2.21. The largest absolute Gasteiger partial charge is 0.313 e. The van der Waals surface area contributed by atoms with Gasteiger partial charge in [0.05, 0.1) is 11.9 Å². The Hall–Kier alpha value is -1.61. The molecule has 18 heavy (non-hydrogen) atoms. The summed E-state index contributed by atoms with van der Waals surface area (Å²) in [5.41, 5.74) is 6.12. The maximum atomic E-state index is 4.51. The maximum Gasteiger partial charge on any atom is 0.0654 e. The number of rotatable bonds is 3. The second kappa shape index (κ2) is 4.94. The minimum atomic E-state index is 0.324. The monoisotopic (exact) mass is 243 g/mol. The number of benzene rings is 1. The van der Waals surface area contributed by atoms with Gasteiger partial charge in [-0.15, -0.1) is 0 Å². The highest BCUT2D eigenvalue weighted by molar-refractivity contribution is 5.41. The third-order valence-electron chi connectivity index (χ3n) is 3.40. The van der Waals surface area contributed by atoms with Crippen molar-refractivity contribution in [1.82, 2.24) is 15.1 Å². The molecule has 0 radical (unpaired) electrons. The highest BCUT2D eigenvalue weighted by atomic mass is 15.3. The predicted octanol–water partition coefficient (Wildman–Crippen LogP) is 3.08. The van der Waals surface area contributed by atoms with Crippen molar-refractivity contribution in [3.8, 4) is 5.69 Å². The summed E-state index contributed by atoms with van der Waals surface area (Å²) in [6.07, 6.45) is 1.95. The lowest BCUT2D eigenvalue weighted by atomic mass is 10.1. The van der Waals surface area contributed by atoms with Crippen molar-refractivity contribution in [2.45, 2.75) is 33.7 Å². The van der Waals surface area contributed by atoms with Gasteiger partial charge < -0.3 is 5.32 Å². The van der Waals surface area contributed by atoms with Crippen molar-refractivity contribution in [3.05, 3.63) is 46.8 Å². The lowest BCUT2D eigenvalue weighted by molar-refractivity contribution is 0.647. The first-order valence-corrected chi connectivity index (χ1v) is 6.33. The van der Waals surface area contributed by atoms with E-state index in [0.29, 0.717) is 6.04 Å². The van der Waals surface area contributed by atoms with E-state index in [1.165, 1.54) is 22.4 Å². The SMILES string of the molecule is CNC(C)c1cnn(-c2cc(C)cc(C)c2)c1C. The Morgan fingerprint density at radius 1 is 1.11 bits per heavy atom. The minimum Gasteiger partial charge on any atom is -0.313 e. The molecule has 1 atom stereocenters. The Kier molecular flexibility index (Phi) is 3.53. The molecule has 1 unspecified atom stereocenters. The van der Waals surface area contributed by atoms with Crippen LogP contribution in [0.25, 0.3) is 5.69 Å². The third-order valence-corrected chi connectivity index (χ3v) is 3.40. The highest BCUT2D eigenvalue weighted by Gasteiger charge is 2.12. The van der Waals surface area contributed by atoms with Gasteiger partial charge in [0.25, 0.3) is 0 Å². The average molecular weight is 243 g/mol. The van der Waals surface area contributed by atoms with Crippen LogP contribution in [0.4, 0.5) is 0 Å². The van der Waals surface area contributed by atoms with E-state index in [1.54, 1.807) is 0 Å². The molecule has 0 aliphatic carbocycles. The first-order valence-electron chi connectivity index (χ1n) is 6.33. The first-order chi connectivity index (χ1) is 8.52. The van der Waals surface area contributed by atoms with Crippen LogP contribution in [0.5, 0.6) is 0 Å². The molecule has 3 nitrogen and oxygen atoms in total. The van der Waals surface area contributed by atoms with E-state index in [4.69, 9.17) is 0 Å². The molecular formula is C15H21N3. The summed E-state index contributed by atoms with van der Waals surface area (Å²) >= 11 is 0. The molecule has 1 aromatic heterocycles. The van der Waals surface area contributed by atoms with E-state index in [-0.39, 0.29) is 0 Å². The second-order valence-electron chi connectivity index (χ2n) is 4.95. The summed E-state index contributed by atoms with van der Waals surface area (Å²) in [5, 5.41) is 7.77. The van der Waals surface area contributed by atoms with Crippen molar-refractivity contribution in [1.29, 1.82) is 0 Å². The van der Waals surface area contributed by atoms with E-state index in [1.807, 2.05) is 17.9 Å². The molecule has 0 saturated heterocycles. The fraction of sp³-hybridized carbons (Fsp3) is 0.400. The molecule has 2 aromatic rings. The quantitative estimate of drug-likeness (QED) is 0.897. The van der Waals surface area contributed by atoms with Crippen LogP contribution < -0.4 is 5.32 Å². The van der Waals surface area contributed by atoms with Crippen LogP contribution in [0.15, 0.2) is 24.4 Å². The molecule has 1 N–H and O–H groups in total. The molecule has 0 fully saturated rings. The predicted molar refractivity (Wildman–Crippen MR) is 75.2 cm³/mol. The number of nitrogens with one attached hydrogen (secondary N) is 1. The van der Waals surface area contributed by atoms with Crippen LogP contribution >= 0.6 is 0 Å². The second-order valence-corrected chi connectivity index (χ2v) is 4.95. The van der Waals surface area contributed by atoms with Crippen LogP contribution in [0.2, 0.25) is 0 Å². The molecule has 0 bridgehead atoms. The number of hydrogen-bond donors (Lipinski definition) is 1. The van der Waals surface area contributed by atoms with Gasteiger partial charge in [-0.3, -0.25) is 0 Å². The van der Waals surface area contributed by atoms with Gasteiger partial charge in [-0.25, -0.2) is 4.68 Å². The first kappa shape index (κ1) is 12.8. The van der Waals surface area contributed by atoms with Crippen molar-refractivity contribution in [3.63, 3.8) is 0 Å². The Morgan fingerprint density at radius 3 is 2.28 bits per heavy atom. The van der Waals surface area contributed by atoms with E-state index >= 15 is 0 Å². The average Bonchev–Trinajstić information content (AvgIpc) is 2.69. The topological polar surface area (TPSA) is 29.9 Å². The number of aryl methyl sites for hydroxylation is 2. The molecule has 0 amide bonds. The summed E-state index contributed by atoms with van der Waals surface area (Å²) in [7, 11) is 1.97. The molecule has 1 heterocycles. The Labute approximate surface area is 109 Å². The lowest BCUT2D eigenvalue weighted by Crippen LogP contribution is -2.13. The van der Waals surface area contributed by atoms with Gasteiger partial charge in [-0.2, -0.15) is 5.10 Å². The molecule has 96 valence electrons. The van der Waals surface area contributed by atoms with Crippen LogP contribution in [-0.2, 0) is 0 Å². The van der Waals surface area contributed by atoms with Crippen LogP contribution in [0, 0.1) is 20.8 Å². The molecule has 1 aromatic carbocycles. The molecule has 0 saturated carbocycles. The van der Waals surface area contributed by atoms with Gasteiger partial charge in [0.15, 0.2) is 0 Å². The maximum absolute atomic E-state index is 4.51. The van der Waals surface area contributed by atoms with Gasteiger partial charge >= 0.3 is 0 Å². The Morgan fingerprint density at radius 2 is 1.72 bits per heavy atom.